The van der Waals surface area contributed by atoms with Gasteiger partial charge in [-0.05, 0) is 32.9 Å². The van der Waals surface area contributed by atoms with Gasteiger partial charge in [0, 0.05) is 23.2 Å². The number of β-amino-alcohol motifs (C(OH)–C–C–N with tert-alkyl or cyclic N) is 1. The first-order chi connectivity index (χ1) is 8.28. The molecule has 0 heterocycles. The molecule has 0 amide bonds. The topological polar surface area (TPSA) is 41.5 Å². The van der Waals surface area contributed by atoms with Crippen LogP contribution in [-0.2, 0) is 0 Å². The Hall–Kier alpha value is -0.0000000000000000555. The Morgan fingerprint density at radius 2 is 1.95 bits per heavy atom. The minimum Gasteiger partial charge on any atom is -0.489 e. The van der Waals surface area contributed by atoms with Crippen LogP contribution in [0.2, 0.25) is 10.0 Å². The monoisotopic (exact) mass is 371 g/mol. The summed E-state index contributed by atoms with van der Waals surface area (Å²) in [6, 6.07) is 4.99. The van der Waals surface area contributed by atoms with Gasteiger partial charge in [0.2, 0.25) is 0 Å². The van der Waals surface area contributed by atoms with Crippen LogP contribution >= 0.6 is 40.2 Å². The first kappa shape index (κ1) is 19.0. The second-order valence-corrected chi connectivity index (χ2v) is 6.01. The standard InChI is InChI=1S/C13H19Cl2NO2.BrH/c1-13(2,3)16-7-10(17)8-18-12-6-9(14)4-5-11(12)15;/h4-6,10,16-17H,7-8H2,1-3H3;1H. The zero-order valence-electron chi connectivity index (χ0n) is 11.2. The molecule has 2 N–H and O–H groups in total. The summed E-state index contributed by atoms with van der Waals surface area (Å²) in [5.41, 5.74) is -0.0331. The third-order valence-corrected chi connectivity index (χ3v) is 2.74. The fourth-order valence-corrected chi connectivity index (χ4v) is 1.59. The van der Waals surface area contributed by atoms with Crippen molar-refractivity contribution in [2.45, 2.75) is 32.4 Å². The molecule has 1 aromatic rings. The number of benzene rings is 1. The molecule has 0 aromatic heterocycles. The van der Waals surface area contributed by atoms with Crippen molar-refractivity contribution in [2.75, 3.05) is 13.2 Å². The van der Waals surface area contributed by atoms with Crippen LogP contribution in [0, 0.1) is 0 Å². The molecule has 1 unspecified atom stereocenters. The lowest BCUT2D eigenvalue weighted by molar-refractivity contribution is 0.100. The Kier molecular flexibility index (Phi) is 8.32. The summed E-state index contributed by atoms with van der Waals surface area (Å²) in [4.78, 5) is 0. The summed E-state index contributed by atoms with van der Waals surface area (Å²) >= 11 is 11.8. The van der Waals surface area contributed by atoms with Gasteiger partial charge in [-0.3, -0.25) is 0 Å². The number of nitrogens with one attached hydrogen (secondary N) is 1. The van der Waals surface area contributed by atoms with E-state index in [2.05, 4.69) is 5.32 Å². The van der Waals surface area contributed by atoms with E-state index in [0.29, 0.717) is 22.3 Å². The Balaban J connectivity index is 0.00000324. The molecule has 1 aromatic carbocycles. The van der Waals surface area contributed by atoms with Gasteiger partial charge in [0.05, 0.1) is 5.02 Å². The Morgan fingerprint density at radius 3 is 2.53 bits per heavy atom. The zero-order valence-corrected chi connectivity index (χ0v) is 14.5. The lowest BCUT2D eigenvalue weighted by Gasteiger charge is -2.23. The normalized spacial score (nSPS) is 12.7. The lowest BCUT2D eigenvalue weighted by atomic mass is 10.1. The number of hydrogen-bond donors (Lipinski definition) is 2. The summed E-state index contributed by atoms with van der Waals surface area (Å²) in [7, 11) is 0. The van der Waals surface area contributed by atoms with Crippen LogP contribution < -0.4 is 10.1 Å². The van der Waals surface area contributed by atoms with Gasteiger partial charge in [-0.15, -0.1) is 17.0 Å². The van der Waals surface area contributed by atoms with E-state index in [1.54, 1.807) is 18.2 Å². The highest BCUT2D eigenvalue weighted by Crippen LogP contribution is 2.27. The van der Waals surface area contributed by atoms with Crippen molar-refractivity contribution in [1.82, 2.24) is 5.32 Å². The maximum absolute atomic E-state index is 9.77. The van der Waals surface area contributed by atoms with Crippen molar-refractivity contribution >= 4 is 40.2 Å². The molecule has 6 heteroatoms. The number of rotatable bonds is 5. The minimum absolute atomic E-state index is 0. The van der Waals surface area contributed by atoms with E-state index < -0.39 is 6.10 Å². The van der Waals surface area contributed by atoms with Crippen LogP contribution in [0.1, 0.15) is 20.8 Å². The molecule has 3 nitrogen and oxygen atoms in total. The van der Waals surface area contributed by atoms with Gasteiger partial charge in [0.15, 0.2) is 0 Å². The SMILES string of the molecule is Br.CC(C)(C)NCC(O)COc1cc(Cl)ccc1Cl. The van der Waals surface area contributed by atoms with Crippen LogP contribution in [0.25, 0.3) is 0 Å². The van der Waals surface area contributed by atoms with Gasteiger partial charge in [0.25, 0.3) is 0 Å². The summed E-state index contributed by atoms with van der Waals surface area (Å²) in [5, 5.41) is 14.0. The molecule has 0 fully saturated rings. The highest BCUT2D eigenvalue weighted by molar-refractivity contribution is 8.93. The Labute approximate surface area is 135 Å². The molecule has 0 saturated carbocycles. The van der Waals surface area contributed by atoms with Crippen molar-refractivity contribution in [3.8, 4) is 5.75 Å². The van der Waals surface area contributed by atoms with Crippen LogP contribution in [0.3, 0.4) is 0 Å². The maximum Gasteiger partial charge on any atom is 0.139 e. The molecule has 0 aliphatic rings. The third kappa shape index (κ3) is 8.00. The molecule has 0 aliphatic carbocycles. The number of ether oxygens (including phenoxy) is 1. The number of aliphatic hydroxyl groups is 1. The molecule has 1 rings (SSSR count). The van der Waals surface area contributed by atoms with E-state index in [0.717, 1.165) is 0 Å². The van der Waals surface area contributed by atoms with E-state index in [1.165, 1.54) is 0 Å². The quantitative estimate of drug-likeness (QED) is 0.827. The van der Waals surface area contributed by atoms with Crippen LogP contribution in [0.4, 0.5) is 0 Å². The fourth-order valence-electron chi connectivity index (χ4n) is 1.26. The van der Waals surface area contributed by atoms with Crippen LogP contribution in [0.15, 0.2) is 18.2 Å². The molecule has 0 radical (unpaired) electrons. The van der Waals surface area contributed by atoms with Crippen LogP contribution in [0.5, 0.6) is 5.75 Å². The average molecular weight is 373 g/mol. The lowest BCUT2D eigenvalue weighted by Crippen LogP contribution is -2.42. The van der Waals surface area contributed by atoms with Crippen molar-refractivity contribution in [3.05, 3.63) is 28.2 Å². The summed E-state index contributed by atoms with van der Waals surface area (Å²) in [5.74, 6) is 0.485. The Bertz CT molecular complexity index is 397. The molecule has 1 atom stereocenters. The molecule has 0 aliphatic heterocycles. The first-order valence-electron chi connectivity index (χ1n) is 5.79. The molecule has 110 valence electrons. The summed E-state index contributed by atoms with van der Waals surface area (Å²) in [6.45, 7) is 6.74. The highest BCUT2D eigenvalue weighted by atomic mass is 79.9. The number of hydrogen-bond acceptors (Lipinski definition) is 3. The fraction of sp³-hybridized carbons (Fsp3) is 0.538. The second-order valence-electron chi connectivity index (χ2n) is 5.17. The smallest absolute Gasteiger partial charge is 0.139 e. The van der Waals surface area contributed by atoms with Gasteiger partial charge in [-0.1, -0.05) is 23.2 Å². The van der Waals surface area contributed by atoms with Gasteiger partial charge < -0.3 is 15.2 Å². The molecule has 0 spiro atoms. The summed E-state index contributed by atoms with van der Waals surface area (Å²) in [6.07, 6.45) is -0.598. The zero-order chi connectivity index (χ0) is 13.8. The largest absolute Gasteiger partial charge is 0.489 e. The molecule has 19 heavy (non-hydrogen) atoms. The van der Waals surface area contributed by atoms with E-state index in [1.807, 2.05) is 20.8 Å². The van der Waals surface area contributed by atoms with Crippen molar-refractivity contribution < 1.29 is 9.84 Å². The van der Waals surface area contributed by atoms with E-state index >= 15 is 0 Å². The minimum atomic E-state index is -0.598. The van der Waals surface area contributed by atoms with E-state index in [-0.39, 0.29) is 29.1 Å². The number of halogens is 3. The number of aliphatic hydroxyl groups excluding tert-OH is 1. The van der Waals surface area contributed by atoms with Crippen molar-refractivity contribution in [2.24, 2.45) is 0 Å². The van der Waals surface area contributed by atoms with Gasteiger partial charge in [0.1, 0.15) is 18.5 Å². The van der Waals surface area contributed by atoms with E-state index in [4.69, 9.17) is 27.9 Å². The van der Waals surface area contributed by atoms with Gasteiger partial charge >= 0.3 is 0 Å². The first-order valence-corrected chi connectivity index (χ1v) is 6.54. The maximum atomic E-state index is 9.77. The van der Waals surface area contributed by atoms with Crippen molar-refractivity contribution in [1.29, 1.82) is 0 Å². The van der Waals surface area contributed by atoms with Gasteiger partial charge in [-0.2, -0.15) is 0 Å². The average Bonchev–Trinajstić information content (AvgIpc) is 2.26. The third-order valence-electron chi connectivity index (χ3n) is 2.19. The highest BCUT2D eigenvalue weighted by Gasteiger charge is 2.13. The predicted molar refractivity (Wildman–Crippen MR) is 86.0 cm³/mol. The molecule has 0 bridgehead atoms. The second kappa shape index (κ2) is 8.32. The Morgan fingerprint density at radius 1 is 1.32 bits per heavy atom. The molecular formula is C13H20BrCl2NO2. The predicted octanol–water partition coefficient (Wildman–Crippen LogP) is 3.70. The summed E-state index contributed by atoms with van der Waals surface area (Å²) < 4.78 is 5.44. The van der Waals surface area contributed by atoms with Gasteiger partial charge in [-0.25, -0.2) is 0 Å². The van der Waals surface area contributed by atoms with Crippen LogP contribution in [-0.4, -0.2) is 29.9 Å². The van der Waals surface area contributed by atoms with Crippen molar-refractivity contribution in [3.63, 3.8) is 0 Å². The van der Waals surface area contributed by atoms with E-state index in [9.17, 15) is 5.11 Å². The molecule has 0 saturated heterocycles. The molecular weight excluding hydrogens is 353 g/mol.